The molecule has 10 rings (SSSR count). The van der Waals surface area contributed by atoms with Crippen LogP contribution in [0.2, 0.25) is 0 Å². The largest absolute Gasteiger partial charge is 0.208 e. The molecule has 0 aliphatic rings. The molecule has 0 atom stereocenters. The van der Waals surface area contributed by atoms with E-state index >= 15 is 0 Å². The van der Waals surface area contributed by atoms with Gasteiger partial charge in [0.2, 0.25) is 0 Å². The van der Waals surface area contributed by atoms with E-state index < -0.39 is 0 Å². The molecule has 8 aromatic carbocycles. The summed E-state index contributed by atoms with van der Waals surface area (Å²) in [7, 11) is 0. The van der Waals surface area contributed by atoms with E-state index in [4.69, 9.17) is 15.0 Å². The molecule has 2 heterocycles. The third kappa shape index (κ3) is 5.66. The lowest BCUT2D eigenvalue weighted by Gasteiger charge is -2.13. The van der Waals surface area contributed by atoms with Gasteiger partial charge in [-0.3, -0.25) is 0 Å². The summed E-state index contributed by atoms with van der Waals surface area (Å²) < 4.78 is 2.44. The van der Waals surface area contributed by atoms with Crippen LogP contribution in [0.15, 0.2) is 188 Å². The standard InChI is InChI=1S/C49H31N3S/c1-3-12-32(13-4-1)33-22-24-34(25-23-33)38-30-31-39(41-17-8-7-16-40(38)41)35-26-28-37(29-27-35)48-50-47(36-14-5-2-6-15-36)51-49(52-48)44-20-11-19-43-42-18-9-10-21-45(42)53-46(43)44/h1-31H. The zero-order valence-corrected chi connectivity index (χ0v) is 29.5. The molecular weight excluding hydrogens is 663 g/mol. The number of fused-ring (bicyclic) bond motifs is 4. The lowest BCUT2D eigenvalue weighted by atomic mass is 9.91. The van der Waals surface area contributed by atoms with Crippen LogP contribution < -0.4 is 0 Å². The van der Waals surface area contributed by atoms with Gasteiger partial charge in [0.15, 0.2) is 17.5 Å². The van der Waals surface area contributed by atoms with Crippen molar-refractivity contribution >= 4 is 42.3 Å². The van der Waals surface area contributed by atoms with E-state index in [1.165, 1.54) is 58.8 Å². The molecule has 0 amide bonds. The van der Waals surface area contributed by atoms with Crippen molar-refractivity contribution < 1.29 is 0 Å². The van der Waals surface area contributed by atoms with E-state index in [9.17, 15) is 0 Å². The van der Waals surface area contributed by atoms with Gasteiger partial charge in [-0.2, -0.15) is 0 Å². The highest BCUT2D eigenvalue weighted by Crippen LogP contribution is 2.40. The highest BCUT2D eigenvalue weighted by atomic mass is 32.1. The van der Waals surface area contributed by atoms with Crippen molar-refractivity contribution in [2.45, 2.75) is 0 Å². The summed E-state index contributed by atoms with van der Waals surface area (Å²) in [6.45, 7) is 0. The van der Waals surface area contributed by atoms with Crippen LogP contribution in [0.25, 0.3) is 98.5 Å². The van der Waals surface area contributed by atoms with Crippen molar-refractivity contribution in [3.8, 4) is 67.5 Å². The van der Waals surface area contributed by atoms with Crippen molar-refractivity contribution in [3.05, 3.63) is 188 Å². The number of rotatable bonds is 6. The van der Waals surface area contributed by atoms with Gasteiger partial charge in [0.1, 0.15) is 0 Å². The van der Waals surface area contributed by atoms with E-state index in [2.05, 4.69) is 170 Å². The normalized spacial score (nSPS) is 11.4. The zero-order chi connectivity index (χ0) is 35.1. The second-order valence-corrected chi connectivity index (χ2v) is 14.2. The monoisotopic (exact) mass is 693 g/mol. The molecule has 0 aliphatic heterocycles. The molecule has 0 unspecified atom stereocenters. The van der Waals surface area contributed by atoms with E-state index in [-0.39, 0.29) is 0 Å². The number of hydrogen-bond donors (Lipinski definition) is 0. The van der Waals surface area contributed by atoms with Gasteiger partial charge in [0, 0.05) is 36.9 Å². The molecule has 0 N–H and O–H groups in total. The molecule has 0 saturated carbocycles. The van der Waals surface area contributed by atoms with E-state index in [1.54, 1.807) is 11.3 Å². The zero-order valence-electron chi connectivity index (χ0n) is 28.6. The average molecular weight is 694 g/mol. The first-order valence-corrected chi connectivity index (χ1v) is 18.6. The van der Waals surface area contributed by atoms with Crippen LogP contribution in [0.3, 0.4) is 0 Å². The van der Waals surface area contributed by atoms with Crippen molar-refractivity contribution in [2.75, 3.05) is 0 Å². The van der Waals surface area contributed by atoms with Crippen LogP contribution in [0.4, 0.5) is 0 Å². The third-order valence-corrected chi connectivity index (χ3v) is 11.2. The Hall–Kier alpha value is -6.75. The number of benzene rings is 8. The molecule has 4 heteroatoms. The molecule has 0 radical (unpaired) electrons. The first-order valence-electron chi connectivity index (χ1n) is 17.8. The Morgan fingerprint density at radius 1 is 0.264 bits per heavy atom. The second-order valence-electron chi connectivity index (χ2n) is 13.2. The highest BCUT2D eigenvalue weighted by Gasteiger charge is 2.17. The van der Waals surface area contributed by atoms with Gasteiger partial charge < -0.3 is 0 Å². The van der Waals surface area contributed by atoms with Crippen LogP contribution in [-0.2, 0) is 0 Å². The number of aromatic nitrogens is 3. The van der Waals surface area contributed by atoms with E-state index in [0.717, 1.165) is 22.3 Å². The Kier molecular flexibility index (Phi) is 7.67. The van der Waals surface area contributed by atoms with Gasteiger partial charge in [-0.25, -0.2) is 15.0 Å². The second kappa shape index (κ2) is 13.1. The molecule has 0 spiro atoms. The predicted octanol–water partition coefficient (Wildman–Crippen LogP) is 13.4. The number of nitrogens with zero attached hydrogens (tertiary/aromatic N) is 3. The molecule has 2 aromatic heterocycles. The first-order chi connectivity index (χ1) is 26.3. The summed E-state index contributed by atoms with van der Waals surface area (Å²) >= 11 is 1.79. The minimum atomic E-state index is 0.651. The van der Waals surface area contributed by atoms with E-state index in [1.807, 2.05) is 18.2 Å². The van der Waals surface area contributed by atoms with Crippen molar-refractivity contribution in [3.63, 3.8) is 0 Å². The minimum absolute atomic E-state index is 0.651. The lowest BCUT2D eigenvalue weighted by molar-refractivity contribution is 1.08. The van der Waals surface area contributed by atoms with Gasteiger partial charge in [-0.15, -0.1) is 11.3 Å². The quantitative estimate of drug-likeness (QED) is 0.174. The molecule has 10 aromatic rings. The molecule has 248 valence electrons. The van der Waals surface area contributed by atoms with Gasteiger partial charge in [-0.05, 0) is 56.3 Å². The minimum Gasteiger partial charge on any atom is -0.208 e. The fraction of sp³-hybridized carbons (Fsp3) is 0. The Morgan fingerprint density at radius 2 is 0.698 bits per heavy atom. The molecular formula is C49H31N3S. The summed E-state index contributed by atoms with van der Waals surface area (Å²) in [5.41, 5.74) is 10.1. The number of hydrogen-bond acceptors (Lipinski definition) is 4. The summed E-state index contributed by atoms with van der Waals surface area (Å²) in [5, 5.41) is 4.92. The van der Waals surface area contributed by atoms with Gasteiger partial charge in [0.25, 0.3) is 0 Å². The maximum atomic E-state index is 5.13. The maximum absolute atomic E-state index is 5.13. The molecule has 0 aliphatic carbocycles. The maximum Gasteiger partial charge on any atom is 0.165 e. The van der Waals surface area contributed by atoms with Crippen LogP contribution in [0, 0.1) is 0 Å². The lowest BCUT2D eigenvalue weighted by Crippen LogP contribution is -2.00. The van der Waals surface area contributed by atoms with Crippen LogP contribution in [0.5, 0.6) is 0 Å². The third-order valence-electron chi connectivity index (χ3n) is 9.99. The summed E-state index contributed by atoms with van der Waals surface area (Å²) in [6, 6.07) is 66.4. The topological polar surface area (TPSA) is 38.7 Å². The average Bonchev–Trinajstić information content (AvgIpc) is 3.63. The summed E-state index contributed by atoms with van der Waals surface area (Å²) in [6.07, 6.45) is 0. The molecule has 0 fully saturated rings. The van der Waals surface area contributed by atoms with Gasteiger partial charge in [0.05, 0.1) is 0 Å². The molecule has 0 saturated heterocycles. The Balaban J connectivity index is 1.04. The van der Waals surface area contributed by atoms with Crippen molar-refractivity contribution in [2.24, 2.45) is 0 Å². The fourth-order valence-corrected chi connectivity index (χ4v) is 8.55. The highest BCUT2D eigenvalue weighted by molar-refractivity contribution is 7.26. The first kappa shape index (κ1) is 31.0. The Morgan fingerprint density at radius 3 is 1.32 bits per heavy atom. The summed E-state index contributed by atoms with van der Waals surface area (Å²) in [5.74, 6) is 1.98. The Labute approximate surface area is 311 Å². The van der Waals surface area contributed by atoms with Crippen molar-refractivity contribution in [1.82, 2.24) is 15.0 Å². The van der Waals surface area contributed by atoms with Crippen LogP contribution in [0.1, 0.15) is 0 Å². The van der Waals surface area contributed by atoms with Crippen LogP contribution in [-0.4, -0.2) is 15.0 Å². The fourth-order valence-electron chi connectivity index (χ4n) is 7.34. The molecule has 3 nitrogen and oxygen atoms in total. The van der Waals surface area contributed by atoms with Gasteiger partial charge >= 0.3 is 0 Å². The Bertz CT molecular complexity index is 2910. The predicted molar refractivity (Wildman–Crippen MR) is 223 cm³/mol. The number of thiophene rings is 1. The van der Waals surface area contributed by atoms with Crippen molar-refractivity contribution in [1.29, 1.82) is 0 Å². The summed E-state index contributed by atoms with van der Waals surface area (Å²) in [4.78, 5) is 15.2. The van der Waals surface area contributed by atoms with E-state index in [0.29, 0.717) is 17.5 Å². The smallest absolute Gasteiger partial charge is 0.165 e. The van der Waals surface area contributed by atoms with Gasteiger partial charge in [-0.1, -0.05) is 176 Å². The molecule has 0 bridgehead atoms. The molecule has 53 heavy (non-hydrogen) atoms. The van der Waals surface area contributed by atoms with Crippen LogP contribution >= 0.6 is 11.3 Å². The SMILES string of the molecule is c1ccc(-c2ccc(-c3ccc(-c4ccc(-c5nc(-c6ccccc6)nc(-c6cccc7c6sc6ccccc67)n5)cc4)c4ccccc34)cc2)cc1.